The summed E-state index contributed by atoms with van der Waals surface area (Å²) in [6.45, 7) is 3.18. The number of hydrogen-bond donors (Lipinski definition) is 2. The van der Waals surface area contributed by atoms with Gasteiger partial charge in [0.1, 0.15) is 12.4 Å². The number of rotatable bonds is 9. The number of aliphatic hydroxyl groups excluding tert-OH is 1. The Labute approximate surface area is 153 Å². The highest BCUT2D eigenvalue weighted by Gasteiger charge is 2.05. The summed E-state index contributed by atoms with van der Waals surface area (Å²) in [4.78, 5) is 0. The predicted octanol–water partition coefficient (Wildman–Crippen LogP) is 5.32. The molecule has 1 atom stereocenters. The van der Waals surface area contributed by atoms with Gasteiger partial charge in [0, 0.05) is 12.2 Å². The predicted molar refractivity (Wildman–Crippen MR) is 101 cm³/mol. The van der Waals surface area contributed by atoms with Crippen molar-refractivity contribution in [2.45, 2.75) is 32.3 Å². The van der Waals surface area contributed by atoms with Crippen molar-refractivity contribution in [1.82, 2.24) is 0 Å². The van der Waals surface area contributed by atoms with Gasteiger partial charge in [0.25, 0.3) is 0 Å². The topological polar surface area (TPSA) is 41.5 Å². The number of benzene rings is 2. The van der Waals surface area contributed by atoms with Gasteiger partial charge in [0.2, 0.25) is 0 Å². The van der Waals surface area contributed by atoms with E-state index in [1.807, 2.05) is 43.3 Å². The molecule has 0 radical (unpaired) electrons. The number of anilines is 1. The molecule has 1 unspecified atom stereocenters. The first-order chi connectivity index (χ1) is 11.5. The fraction of sp³-hybridized carbons (Fsp3) is 0.368. The third kappa shape index (κ3) is 6.60. The van der Waals surface area contributed by atoms with Gasteiger partial charge in [-0.05, 0) is 56.5 Å². The van der Waals surface area contributed by atoms with E-state index in [0.29, 0.717) is 16.7 Å². The maximum Gasteiger partial charge on any atom is 0.119 e. The first kappa shape index (κ1) is 18.9. The van der Waals surface area contributed by atoms with Gasteiger partial charge >= 0.3 is 0 Å². The molecule has 2 aromatic rings. The molecule has 0 aliphatic heterocycles. The van der Waals surface area contributed by atoms with E-state index in [-0.39, 0.29) is 0 Å². The van der Waals surface area contributed by atoms with Crippen molar-refractivity contribution in [3.05, 3.63) is 58.1 Å². The zero-order valence-corrected chi connectivity index (χ0v) is 15.3. The number of halogens is 2. The minimum Gasteiger partial charge on any atom is -0.491 e. The standard InChI is InChI=1S/C19H23Cl2NO2/c1-14-5-8-17(9-6-14)24-13-16(23)4-2-3-11-22-15-7-10-18(20)19(21)12-15/h5-10,12,16,22-23H,2-4,11,13H2,1H3. The van der Waals surface area contributed by atoms with E-state index in [4.69, 9.17) is 27.9 Å². The fourth-order valence-corrected chi connectivity index (χ4v) is 2.55. The summed E-state index contributed by atoms with van der Waals surface area (Å²) in [5, 5.41) is 14.4. The van der Waals surface area contributed by atoms with Crippen molar-refractivity contribution in [2.75, 3.05) is 18.5 Å². The van der Waals surface area contributed by atoms with Crippen LogP contribution in [0.3, 0.4) is 0 Å². The van der Waals surface area contributed by atoms with Crippen molar-refractivity contribution >= 4 is 28.9 Å². The number of aryl methyl sites for hydroxylation is 1. The number of unbranched alkanes of at least 4 members (excludes halogenated alkanes) is 1. The largest absolute Gasteiger partial charge is 0.491 e. The number of hydrogen-bond acceptors (Lipinski definition) is 3. The van der Waals surface area contributed by atoms with Crippen molar-refractivity contribution < 1.29 is 9.84 Å². The lowest BCUT2D eigenvalue weighted by Crippen LogP contribution is -2.17. The van der Waals surface area contributed by atoms with Crippen LogP contribution in [0.15, 0.2) is 42.5 Å². The first-order valence-corrected chi connectivity index (χ1v) is 8.86. The van der Waals surface area contributed by atoms with Crippen LogP contribution in [0.2, 0.25) is 10.0 Å². The smallest absolute Gasteiger partial charge is 0.119 e. The van der Waals surface area contributed by atoms with E-state index in [0.717, 1.165) is 37.2 Å². The van der Waals surface area contributed by atoms with Gasteiger partial charge in [0.05, 0.1) is 16.1 Å². The van der Waals surface area contributed by atoms with Gasteiger partial charge in [-0.25, -0.2) is 0 Å². The first-order valence-electron chi connectivity index (χ1n) is 8.11. The van der Waals surface area contributed by atoms with E-state index < -0.39 is 6.10 Å². The maximum atomic E-state index is 9.97. The van der Waals surface area contributed by atoms with Gasteiger partial charge in [-0.1, -0.05) is 40.9 Å². The molecule has 0 spiro atoms. The Kier molecular flexibility index (Phi) is 7.70. The van der Waals surface area contributed by atoms with E-state index >= 15 is 0 Å². The molecule has 0 saturated carbocycles. The van der Waals surface area contributed by atoms with E-state index in [2.05, 4.69) is 5.32 Å². The minimum absolute atomic E-state index is 0.323. The molecule has 24 heavy (non-hydrogen) atoms. The Bertz CT molecular complexity index is 632. The second kappa shape index (κ2) is 9.77. The van der Waals surface area contributed by atoms with Crippen LogP contribution in [-0.2, 0) is 0 Å². The molecule has 130 valence electrons. The molecule has 0 amide bonds. The highest BCUT2D eigenvalue weighted by Crippen LogP contribution is 2.25. The van der Waals surface area contributed by atoms with Gasteiger partial charge in [0.15, 0.2) is 0 Å². The van der Waals surface area contributed by atoms with Crippen molar-refractivity contribution in [3.8, 4) is 5.75 Å². The molecule has 0 heterocycles. The van der Waals surface area contributed by atoms with Crippen LogP contribution in [-0.4, -0.2) is 24.4 Å². The van der Waals surface area contributed by atoms with Gasteiger partial charge < -0.3 is 15.2 Å². The van der Waals surface area contributed by atoms with Gasteiger partial charge in [-0.15, -0.1) is 0 Å². The molecule has 0 fully saturated rings. The average molecular weight is 368 g/mol. The van der Waals surface area contributed by atoms with Crippen LogP contribution < -0.4 is 10.1 Å². The van der Waals surface area contributed by atoms with Crippen LogP contribution in [0.1, 0.15) is 24.8 Å². The van der Waals surface area contributed by atoms with Crippen LogP contribution in [0.5, 0.6) is 5.75 Å². The van der Waals surface area contributed by atoms with Crippen LogP contribution >= 0.6 is 23.2 Å². The molecule has 0 saturated heterocycles. The molecule has 3 nitrogen and oxygen atoms in total. The molecule has 0 aromatic heterocycles. The summed E-state index contributed by atoms with van der Waals surface area (Å²) in [6.07, 6.45) is 2.15. The van der Waals surface area contributed by atoms with E-state index in [1.54, 1.807) is 6.07 Å². The zero-order chi connectivity index (χ0) is 17.4. The second-order valence-electron chi connectivity index (χ2n) is 5.83. The van der Waals surface area contributed by atoms with E-state index in [9.17, 15) is 5.11 Å². The lowest BCUT2D eigenvalue weighted by Gasteiger charge is -2.13. The van der Waals surface area contributed by atoms with E-state index in [1.165, 1.54) is 5.56 Å². The van der Waals surface area contributed by atoms with Crippen LogP contribution in [0.4, 0.5) is 5.69 Å². The molecule has 2 rings (SSSR count). The molecule has 2 aromatic carbocycles. The van der Waals surface area contributed by atoms with Crippen molar-refractivity contribution in [1.29, 1.82) is 0 Å². The summed E-state index contributed by atoms with van der Waals surface area (Å²) < 4.78 is 5.58. The van der Waals surface area contributed by atoms with Crippen LogP contribution in [0.25, 0.3) is 0 Å². The normalized spacial score (nSPS) is 12.0. The summed E-state index contributed by atoms with van der Waals surface area (Å²) in [6, 6.07) is 13.3. The monoisotopic (exact) mass is 367 g/mol. The summed E-state index contributed by atoms with van der Waals surface area (Å²) in [7, 11) is 0. The zero-order valence-electron chi connectivity index (χ0n) is 13.8. The quantitative estimate of drug-likeness (QED) is 0.589. The molecule has 0 aliphatic carbocycles. The average Bonchev–Trinajstić information content (AvgIpc) is 2.57. The highest BCUT2D eigenvalue weighted by molar-refractivity contribution is 6.42. The van der Waals surface area contributed by atoms with Crippen molar-refractivity contribution in [3.63, 3.8) is 0 Å². The lowest BCUT2D eigenvalue weighted by atomic mass is 10.1. The highest BCUT2D eigenvalue weighted by atomic mass is 35.5. The molecule has 0 aliphatic rings. The second-order valence-corrected chi connectivity index (χ2v) is 6.64. The van der Waals surface area contributed by atoms with Gasteiger partial charge in [-0.3, -0.25) is 0 Å². The molecular weight excluding hydrogens is 345 g/mol. The maximum absolute atomic E-state index is 9.97. The third-order valence-corrected chi connectivity index (χ3v) is 4.42. The van der Waals surface area contributed by atoms with Crippen LogP contribution in [0, 0.1) is 6.92 Å². The Morgan fingerprint density at radius 1 is 1.04 bits per heavy atom. The molecule has 2 N–H and O–H groups in total. The number of aliphatic hydroxyl groups is 1. The fourth-order valence-electron chi connectivity index (χ4n) is 2.25. The molecule has 0 bridgehead atoms. The SMILES string of the molecule is Cc1ccc(OCC(O)CCCCNc2ccc(Cl)c(Cl)c2)cc1. The third-order valence-electron chi connectivity index (χ3n) is 3.68. The Balaban J connectivity index is 1.58. The summed E-state index contributed by atoms with van der Waals surface area (Å²) >= 11 is 11.9. The molecule has 5 heteroatoms. The lowest BCUT2D eigenvalue weighted by molar-refractivity contribution is 0.0979. The number of ether oxygens (including phenoxy) is 1. The number of nitrogens with one attached hydrogen (secondary N) is 1. The Hall–Kier alpha value is -1.42. The van der Waals surface area contributed by atoms with Gasteiger partial charge in [-0.2, -0.15) is 0 Å². The summed E-state index contributed by atoms with van der Waals surface area (Å²) in [5.41, 5.74) is 2.14. The minimum atomic E-state index is -0.448. The molecular formula is C19H23Cl2NO2. The Morgan fingerprint density at radius 2 is 1.79 bits per heavy atom. The summed E-state index contributed by atoms with van der Waals surface area (Å²) in [5.74, 6) is 0.793. The Morgan fingerprint density at radius 3 is 2.50 bits per heavy atom. The van der Waals surface area contributed by atoms with Crippen molar-refractivity contribution in [2.24, 2.45) is 0 Å².